The van der Waals surface area contributed by atoms with Crippen molar-refractivity contribution in [3.63, 3.8) is 0 Å². The van der Waals surface area contributed by atoms with Crippen LogP contribution in [0.3, 0.4) is 0 Å². The Bertz CT molecular complexity index is 692. The molecule has 0 aliphatic carbocycles. The van der Waals surface area contributed by atoms with Gasteiger partial charge in [-0.05, 0) is 33.4 Å². The molecule has 21 heavy (non-hydrogen) atoms. The summed E-state index contributed by atoms with van der Waals surface area (Å²) >= 11 is 6.38. The summed E-state index contributed by atoms with van der Waals surface area (Å²) in [5, 5.41) is 6.89. The quantitative estimate of drug-likeness (QED) is 0.736. The second-order valence-corrected chi connectivity index (χ2v) is 9.42. The highest BCUT2D eigenvalue weighted by molar-refractivity contribution is 9.10. The van der Waals surface area contributed by atoms with E-state index in [4.69, 9.17) is 0 Å². The molecular formula is C13H17BrN2O2S3. The Hall–Kier alpha value is -0.250. The maximum absolute atomic E-state index is 12.3. The second kappa shape index (κ2) is 7.34. The summed E-state index contributed by atoms with van der Waals surface area (Å²) in [5.41, 5.74) is 0. The minimum Gasteiger partial charge on any atom is -0.310 e. The van der Waals surface area contributed by atoms with E-state index in [-0.39, 0.29) is 0 Å². The molecule has 116 valence electrons. The van der Waals surface area contributed by atoms with Crippen LogP contribution in [0.4, 0.5) is 0 Å². The van der Waals surface area contributed by atoms with E-state index in [0.717, 1.165) is 14.2 Å². The molecule has 2 heterocycles. The maximum Gasteiger partial charge on any atom is 0.241 e. The number of hydrogen-bond donors (Lipinski definition) is 2. The molecule has 0 aromatic carbocycles. The van der Waals surface area contributed by atoms with Gasteiger partial charge in [0.05, 0.1) is 4.90 Å². The van der Waals surface area contributed by atoms with Crippen molar-refractivity contribution in [2.75, 3.05) is 0 Å². The van der Waals surface area contributed by atoms with Crippen molar-refractivity contribution >= 4 is 48.6 Å². The van der Waals surface area contributed by atoms with E-state index in [0.29, 0.717) is 24.0 Å². The molecule has 0 saturated carbocycles. The fourth-order valence-corrected chi connectivity index (χ4v) is 5.34. The van der Waals surface area contributed by atoms with Gasteiger partial charge in [-0.3, -0.25) is 0 Å². The van der Waals surface area contributed by atoms with Crippen LogP contribution in [0.1, 0.15) is 23.6 Å². The Morgan fingerprint density at radius 3 is 2.67 bits per heavy atom. The first-order chi connectivity index (χ1) is 9.88. The average molecular weight is 409 g/mol. The number of rotatable bonds is 7. The molecular weight excluding hydrogens is 392 g/mol. The van der Waals surface area contributed by atoms with Crippen LogP contribution in [0.2, 0.25) is 0 Å². The first kappa shape index (κ1) is 17.1. The molecule has 0 fully saturated rings. The molecule has 0 spiro atoms. The number of nitrogens with one attached hydrogen (secondary N) is 2. The van der Waals surface area contributed by atoms with E-state index in [2.05, 4.69) is 39.8 Å². The molecule has 0 atom stereocenters. The van der Waals surface area contributed by atoms with Crippen LogP contribution in [0.15, 0.2) is 32.3 Å². The zero-order chi connectivity index (χ0) is 15.5. The van der Waals surface area contributed by atoms with Gasteiger partial charge in [-0.25, -0.2) is 13.1 Å². The van der Waals surface area contributed by atoms with Crippen molar-refractivity contribution in [2.24, 2.45) is 0 Å². The molecule has 4 nitrogen and oxygen atoms in total. The van der Waals surface area contributed by atoms with Crippen molar-refractivity contribution in [2.45, 2.75) is 37.9 Å². The van der Waals surface area contributed by atoms with Gasteiger partial charge in [-0.15, -0.1) is 22.7 Å². The van der Waals surface area contributed by atoms with Gasteiger partial charge < -0.3 is 5.32 Å². The molecule has 0 aliphatic rings. The van der Waals surface area contributed by atoms with Crippen molar-refractivity contribution in [3.8, 4) is 0 Å². The van der Waals surface area contributed by atoms with Crippen LogP contribution in [-0.4, -0.2) is 14.5 Å². The minimum atomic E-state index is -3.45. The SMILES string of the molecule is CC(C)NCc1cc(S(=O)(=O)NCc2sccc2Br)cs1. The first-order valence-electron chi connectivity index (χ1n) is 6.41. The summed E-state index contributed by atoms with van der Waals surface area (Å²) in [6.07, 6.45) is 0. The Kier molecular flexibility index (Phi) is 5.98. The van der Waals surface area contributed by atoms with Gasteiger partial charge in [0, 0.05) is 38.7 Å². The topological polar surface area (TPSA) is 58.2 Å². The number of sulfonamides is 1. The molecule has 0 bridgehead atoms. The minimum absolute atomic E-state index is 0.302. The van der Waals surface area contributed by atoms with Gasteiger partial charge in [0.1, 0.15) is 0 Å². The summed E-state index contributed by atoms with van der Waals surface area (Å²) < 4.78 is 28.1. The zero-order valence-electron chi connectivity index (χ0n) is 11.7. The number of hydrogen-bond acceptors (Lipinski definition) is 5. The molecule has 0 unspecified atom stereocenters. The van der Waals surface area contributed by atoms with Crippen LogP contribution < -0.4 is 10.0 Å². The van der Waals surface area contributed by atoms with E-state index in [1.165, 1.54) is 22.7 Å². The van der Waals surface area contributed by atoms with Gasteiger partial charge in [0.15, 0.2) is 0 Å². The smallest absolute Gasteiger partial charge is 0.241 e. The summed E-state index contributed by atoms with van der Waals surface area (Å²) in [4.78, 5) is 2.32. The molecule has 2 aromatic rings. The summed E-state index contributed by atoms with van der Waals surface area (Å²) in [6, 6.07) is 4.02. The third-order valence-corrected chi connectivity index (χ3v) is 7.13. The molecule has 2 aromatic heterocycles. The van der Waals surface area contributed by atoms with Gasteiger partial charge in [-0.1, -0.05) is 13.8 Å². The lowest BCUT2D eigenvalue weighted by Crippen LogP contribution is -2.23. The van der Waals surface area contributed by atoms with Crippen LogP contribution in [-0.2, 0) is 23.1 Å². The second-order valence-electron chi connectivity index (χ2n) is 4.80. The average Bonchev–Trinajstić information content (AvgIpc) is 3.03. The van der Waals surface area contributed by atoms with Gasteiger partial charge in [0.25, 0.3) is 0 Å². The van der Waals surface area contributed by atoms with E-state index in [9.17, 15) is 8.42 Å². The lowest BCUT2D eigenvalue weighted by Gasteiger charge is -2.05. The lowest BCUT2D eigenvalue weighted by molar-refractivity contribution is 0.581. The fraction of sp³-hybridized carbons (Fsp3) is 0.385. The summed E-state index contributed by atoms with van der Waals surface area (Å²) in [7, 11) is -3.45. The highest BCUT2D eigenvalue weighted by Crippen LogP contribution is 2.24. The molecule has 0 saturated heterocycles. The predicted octanol–water partition coefficient (Wildman–Crippen LogP) is 3.55. The van der Waals surface area contributed by atoms with E-state index >= 15 is 0 Å². The third-order valence-electron chi connectivity index (χ3n) is 2.74. The third kappa shape index (κ3) is 4.87. The molecule has 8 heteroatoms. The van der Waals surface area contributed by atoms with E-state index in [1.807, 2.05) is 11.4 Å². The Labute approximate surface area is 141 Å². The monoisotopic (exact) mass is 408 g/mol. The first-order valence-corrected chi connectivity index (χ1v) is 10.4. The van der Waals surface area contributed by atoms with Gasteiger partial charge in [-0.2, -0.15) is 0 Å². The zero-order valence-corrected chi connectivity index (χ0v) is 15.8. The van der Waals surface area contributed by atoms with Crippen molar-refractivity contribution in [1.82, 2.24) is 10.0 Å². The molecule has 0 aliphatic heterocycles. The summed E-state index contributed by atoms with van der Waals surface area (Å²) in [5.74, 6) is 0. The Balaban J connectivity index is 2.01. The number of thiophene rings is 2. The maximum atomic E-state index is 12.3. The highest BCUT2D eigenvalue weighted by atomic mass is 79.9. The Morgan fingerprint density at radius 2 is 2.05 bits per heavy atom. The van der Waals surface area contributed by atoms with Crippen molar-refractivity contribution in [1.29, 1.82) is 0 Å². The molecule has 2 N–H and O–H groups in total. The van der Waals surface area contributed by atoms with Crippen LogP contribution in [0.5, 0.6) is 0 Å². The van der Waals surface area contributed by atoms with Crippen molar-refractivity contribution < 1.29 is 8.42 Å². The van der Waals surface area contributed by atoms with Crippen LogP contribution >= 0.6 is 38.6 Å². The molecule has 0 amide bonds. The fourth-order valence-electron chi connectivity index (χ4n) is 1.59. The largest absolute Gasteiger partial charge is 0.310 e. The summed E-state index contributed by atoms with van der Waals surface area (Å²) in [6.45, 7) is 5.11. The lowest BCUT2D eigenvalue weighted by atomic mass is 10.4. The Morgan fingerprint density at radius 1 is 1.29 bits per heavy atom. The van der Waals surface area contributed by atoms with Crippen LogP contribution in [0.25, 0.3) is 0 Å². The standard InChI is InChI=1S/C13H17BrN2O2S3/c1-9(2)15-6-10-5-11(8-20-10)21(17,18)16-7-13-12(14)3-4-19-13/h3-5,8-9,15-16H,6-7H2,1-2H3. The number of halogens is 1. The van der Waals surface area contributed by atoms with E-state index in [1.54, 1.807) is 11.4 Å². The van der Waals surface area contributed by atoms with Gasteiger partial charge >= 0.3 is 0 Å². The normalized spacial score (nSPS) is 12.2. The predicted molar refractivity (Wildman–Crippen MR) is 92.3 cm³/mol. The van der Waals surface area contributed by atoms with Gasteiger partial charge in [0.2, 0.25) is 10.0 Å². The van der Waals surface area contributed by atoms with Crippen molar-refractivity contribution in [3.05, 3.63) is 37.1 Å². The van der Waals surface area contributed by atoms with E-state index < -0.39 is 10.0 Å². The van der Waals surface area contributed by atoms with Crippen LogP contribution in [0, 0.1) is 0 Å². The highest BCUT2D eigenvalue weighted by Gasteiger charge is 2.17. The molecule has 2 rings (SSSR count). The molecule has 0 radical (unpaired) electrons.